The fourth-order valence-electron chi connectivity index (χ4n) is 2.83. The van der Waals surface area contributed by atoms with Gasteiger partial charge in [0.15, 0.2) is 0 Å². The van der Waals surface area contributed by atoms with Crippen LogP contribution in [0, 0.1) is 19.7 Å². The number of aromatic nitrogens is 1. The number of hydrogen-bond donors (Lipinski definition) is 1. The molecule has 3 rings (SSSR count). The molecule has 3 aromatic rings. The van der Waals surface area contributed by atoms with E-state index in [9.17, 15) is 14.0 Å². The van der Waals surface area contributed by atoms with Crippen LogP contribution in [-0.2, 0) is 4.79 Å². The Bertz CT molecular complexity index is 1010. The number of benzene rings is 2. The van der Waals surface area contributed by atoms with Gasteiger partial charge in [0.05, 0.1) is 6.54 Å². The number of carbonyl (C=O) groups excluding carboxylic acids is 2. The molecule has 1 heterocycles. The minimum Gasteiger partial charge on any atom is -0.350 e. The number of para-hydroxylation sites is 1. The summed E-state index contributed by atoms with van der Waals surface area (Å²) in [4.78, 5) is 26.1. The predicted octanol–water partition coefficient (Wildman–Crippen LogP) is 3.81. The van der Waals surface area contributed by atoms with Gasteiger partial charge in [-0.1, -0.05) is 35.5 Å². The van der Waals surface area contributed by atoms with Crippen LogP contribution in [0.1, 0.15) is 21.7 Å². The molecule has 0 spiro atoms. The van der Waals surface area contributed by atoms with E-state index in [1.807, 2.05) is 32.0 Å². The number of likely N-dealkylation sites (N-methyl/N-ethyl adjacent to an activating group) is 1. The van der Waals surface area contributed by atoms with E-state index in [1.165, 1.54) is 30.1 Å². The molecule has 0 aliphatic carbocycles. The number of halogens is 1. The van der Waals surface area contributed by atoms with Gasteiger partial charge in [0.1, 0.15) is 11.5 Å². The first-order valence-electron chi connectivity index (χ1n) is 8.69. The van der Waals surface area contributed by atoms with E-state index >= 15 is 0 Å². The molecule has 0 radical (unpaired) electrons. The van der Waals surface area contributed by atoms with Crippen molar-refractivity contribution in [3.8, 4) is 11.3 Å². The van der Waals surface area contributed by atoms with Gasteiger partial charge in [0, 0.05) is 24.4 Å². The average Bonchev–Trinajstić information content (AvgIpc) is 3.14. The molecule has 7 heteroatoms. The Balaban J connectivity index is 1.67. The van der Waals surface area contributed by atoms with Crippen LogP contribution in [0.2, 0.25) is 0 Å². The predicted molar refractivity (Wildman–Crippen MR) is 103 cm³/mol. The van der Waals surface area contributed by atoms with E-state index in [-0.39, 0.29) is 18.2 Å². The maximum absolute atomic E-state index is 13.3. The number of amides is 2. The van der Waals surface area contributed by atoms with Crippen LogP contribution in [0.15, 0.2) is 53.1 Å². The average molecular weight is 381 g/mol. The lowest BCUT2D eigenvalue weighted by Gasteiger charge is -2.16. The first-order valence-corrected chi connectivity index (χ1v) is 8.69. The molecule has 0 aliphatic heterocycles. The van der Waals surface area contributed by atoms with Gasteiger partial charge in [-0.25, -0.2) is 4.39 Å². The van der Waals surface area contributed by atoms with Crippen molar-refractivity contribution >= 4 is 17.5 Å². The van der Waals surface area contributed by atoms with Crippen molar-refractivity contribution in [3.05, 3.63) is 71.2 Å². The quantitative estimate of drug-likeness (QED) is 0.729. The Labute approximate surface area is 161 Å². The summed E-state index contributed by atoms with van der Waals surface area (Å²) >= 11 is 0. The van der Waals surface area contributed by atoms with Gasteiger partial charge in [0.25, 0.3) is 5.91 Å². The first kappa shape index (κ1) is 19.3. The smallest absolute Gasteiger partial charge is 0.292 e. The Kier molecular flexibility index (Phi) is 5.54. The highest BCUT2D eigenvalue weighted by atomic mass is 19.1. The molecule has 0 unspecified atom stereocenters. The first-order chi connectivity index (χ1) is 13.3. The molecule has 0 atom stereocenters. The Hall–Kier alpha value is -3.48. The number of nitrogens with zero attached hydrogens (tertiary/aromatic N) is 2. The molecule has 2 amide bonds. The van der Waals surface area contributed by atoms with Crippen LogP contribution >= 0.6 is 0 Å². The summed E-state index contributed by atoms with van der Waals surface area (Å²) in [5.41, 5.74) is 3.46. The lowest BCUT2D eigenvalue weighted by Crippen LogP contribution is -2.35. The zero-order chi connectivity index (χ0) is 20.3. The minimum absolute atomic E-state index is 0.0263. The molecule has 0 saturated heterocycles. The largest absolute Gasteiger partial charge is 0.350 e. The molecular formula is C21H20FN3O3. The Morgan fingerprint density at radius 1 is 1.11 bits per heavy atom. The third-order valence-electron chi connectivity index (χ3n) is 4.31. The molecule has 1 N–H and O–H groups in total. The van der Waals surface area contributed by atoms with E-state index in [0.29, 0.717) is 11.3 Å². The molecule has 0 saturated carbocycles. The van der Waals surface area contributed by atoms with Crippen molar-refractivity contribution < 1.29 is 18.5 Å². The third-order valence-corrected chi connectivity index (χ3v) is 4.31. The van der Waals surface area contributed by atoms with Crippen LogP contribution in [0.5, 0.6) is 0 Å². The van der Waals surface area contributed by atoms with E-state index < -0.39 is 11.7 Å². The molecule has 0 aliphatic rings. The second-order valence-electron chi connectivity index (χ2n) is 6.56. The zero-order valence-corrected chi connectivity index (χ0v) is 15.8. The van der Waals surface area contributed by atoms with Gasteiger partial charge in [-0.3, -0.25) is 9.59 Å². The number of nitrogens with one attached hydrogen (secondary N) is 1. The molecule has 6 nitrogen and oxygen atoms in total. The summed E-state index contributed by atoms with van der Waals surface area (Å²) in [7, 11) is 1.50. The van der Waals surface area contributed by atoms with Gasteiger partial charge in [-0.15, -0.1) is 0 Å². The lowest BCUT2D eigenvalue weighted by atomic mass is 10.1. The summed E-state index contributed by atoms with van der Waals surface area (Å²) in [5.74, 6) is -1.25. The van der Waals surface area contributed by atoms with E-state index in [1.54, 1.807) is 12.1 Å². The van der Waals surface area contributed by atoms with Gasteiger partial charge in [0.2, 0.25) is 11.7 Å². The number of anilines is 1. The molecule has 2 aromatic carbocycles. The van der Waals surface area contributed by atoms with E-state index in [2.05, 4.69) is 10.5 Å². The van der Waals surface area contributed by atoms with Crippen LogP contribution < -0.4 is 5.32 Å². The molecule has 0 fully saturated rings. The summed E-state index contributed by atoms with van der Waals surface area (Å²) < 4.78 is 18.4. The Morgan fingerprint density at radius 2 is 1.79 bits per heavy atom. The molecule has 1 aromatic heterocycles. The molecule has 144 valence electrons. The summed E-state index contributed by atoms with van der Waals surface area (Å²) in [6.07, 6.45) is 0. The van der Waals surface area contributed by atoms with Crippen LogP contribution in [0.25, 0.3) is 11.3 Å². The van der Waals surface area contributed by atoms with Gasteiger partial charge in [-0.05, 0) is 37.1 Å². The number of hydrogen-bond acceptors (Lipinski definition) is 4. The van der Waals surface area contributed by atoms with Gasteiger partial charge in [-0.2, -0.15) is 0 Å². The normalized spacial score (nSPS) is 10.6. The minimum atomic E-state index is -0.494. The third kappa shape index (κ3) is 4.25. The van der Waals surface area contributed by atoms with Crippen molar-refractivity contribution in [2.24, 2.45) is 0 Å². The maximum Gasteiger partial charge on any atom is 0.292 e. The number of carbonyl (C=O) groups is 2. The van der Waals surface area contributed by atoms with Crippen molar-refractivity contribution in [2.75, 3.05) is 18.9 Å². The number of aryl methyl sites for hydroxylation is 2. The highest BCUT2D eigenvalue weighted by molar-refractivity contribution is 5.98. The standard InChI is InChI=1S/C21H20FN3O3/c1-13-6-4-7-14(2)20(13)23-19(26)12-25(3)21(27)18-11-17(24-28-18)15-8-5-9-16(22)10-15/h4-11H,12H2,1-3H3,(H,23,26). The fraction of sp³-hybridized carbons (Fsp3) is 0.190. The second-order valence-corrected chi connectivity index (χ2v) is 6.56. The SMILES string of the molecule is Cc1cccc(C)c1NC(=O)CN(C)C(=O)c1cc(-c2cccc(F)c2)no1. The molecular weight excluding hydrogens is 361 g/mol. The zero-order valence-electron chi connectivity index (χ0n) is 15.8. The van der Waals surface area contributed by atoms with Crippen molar-refractivity contribution in [1.82, 2.24) is 10.1 Å². The topological polar surface area (TPSA) is 75.4 Å². The number of rotatable bonds is 5. The van der Waals surface area contributed by atoms with Crippen LogP contribution in [0.3, 0.4) is 0 Å². The highest BCUT2D eigenvalue weighted by Crippen LogP contribution is 2.21. The lowest BCUT2D eigenvalue weighted by molar-refractivity contribution is -0.116. The summed E-state index contributed by atoms with van der Waals surface area (Å²) in [5, 5.41) is 6.64. The Morgan fingerprint density at radius 3 is 2.46 bits per heavy atom. The maximum atomic E-state index is 13.3. The van der Waals surface area contributed by atoms with Crippen molar-refractivity contribution in [2.45, 2.75) is 13.8 Å². The van der Waals surface area contributed by atoms with Gasteiger partial charge >= 0.3 is 0 Å². The van der Waals surface area contributed by atoms with Crippen molar-refractivity contribution in [1.29, 1.82) is 0 Å². The second kappa shape index (κ2) is 8.04. The summed E-state index contributed by atoms with van der Waals surface area (Å²) in [6, 6.07) is 13.0. The van der Waals surface area contributed by atoms with Crippen LogP contribution in [-0.4, -0.2) is 35.5 Å². The molecule has 28 heavy (non-hydrogen) atoms. The van der Waals surface area contributed by atoms with Crippen molar-refractivity contribution in [3.63, 3.8) is 0 Å². The highest BCUT2D eigenvalue weighted by Gasteiger charge is 2.20. The van der Waals surface area contributed by atoms with E-state index in [4.69, 9.17) is 4.52 Å². The summed E-state index contributed by atoms with van der Waals surface area (Å²) in [6.45, 7) is 3.66. The monoisotopic (exact) mass is 381 g/mol. The van der Waals surface area contributed by atoms with Crippen LogP contribution in [0.4, 0.5) is 10.1 Å². The van der Waals surface area contributed by atoms with E-state index in [0.717, 1.165) is 16.8 Å². The fourth-order valence-corrected chi connectivity index (χ4v) is 2.83. The molecule has 0 bridgehead atoms. The van der Waals surface area contributed by atoms with Gasteiger partial charge < -0.3 is 14.7 Å².